The Bertz CT molecular complexity index is 1200. The predicted molar refractivity (Wildman–Crippen MR) is 124 cm³/mol. The Labute approximate surface area is 194 Å². The molecule has 0 radical (unpaired) electrons. The lowest BCUT2D eigenvalue weighted by Crippen LogP contribution is -2.44. The maximum atomic E-state index is 13.3. The average Bonchev–Trinajstić information content (AvgIpc) is 3.28. The number of hydrogen-bond donors (Lipinski definition) is 1. The minimum Gasteiger partial charge on any atom is -0.496 e. The molecule has 0 saturated carbocycles. The number of hydrogen-bond acceptors (Lipinski definition) is 5. The lowest BCUT2D eigenvalue weighted by atomic mass is 9.96. The summed E-state index contributed by atoms with van der Waals surface area (Å²) in [5, 5.41) is 3.14. The van der Waals surface area contributed by atoms with E-state index in [4.69, 9.17) is 4.74 Å². The van der Waals surface area contributed by atoms with E-state index >= 15 is 0 Å². The van der Waals surface area contributed by atoms with Crippen molar-refractivity contribution in [1.82, 2.24) is 19.2 Å². The number of amides is 1. The number of nitrogens with one attached hydrogen (secondary N) is 1. The molecule has 1 unspecified atom stereocenters. The minimum atomic E-state index is -3.56. The number of ether oxygens (including phenoxy) is 1. The van der Waals surface area contributed by atoms with E-state index in [1.165, 1.54) is 4.31 Å². The van der Waals surface area contributed by atoms with Gasteiger partial charge in [0.25, 0.3) is 0 Å². The second-order valence-electron chi connectivity index (χ2n) is 8.07. The summed E-state index contributed by atoms with van der Waals surface area (Å²) in [6.45, 7) is 0.605. The highest BCUT2D eigenvalue weighted by molar-refractivity contribution is 7.89. The molecule has 3 aromatic rings. The molecular formula is C24H28N4O4S. The van der Waals surface area contributed by atoms with E-state index < -0.39 is 16.1 Å². The third-order valence-corrected chi connectivity index (χ3v) is 7.97. The summed E-state index contributed by atoms with van der Waals surface area (Å²) < 4.78 is 34.6. The Morgan fingerprint density at radius 2 is 1.76 bits per heavy atom. The molecule has 1 fully saturated rings. The number of aryl methyl sites for hydroxylation is 1. The fraction of sp³-hybridized carbons (Fsp3) is 0.333. The number of benzene rings is 2. The highest BCUT2D eigenvalue weighted by Crippen LogP contribution is 2.30. The molecule has 1 aliphatic heterocycles. The predicted octanol–water partition coefficient (Wildman–Crippen LogP) is 2.74. The van der Waals surface area contributed by atoms with Crippen molar-refractivity contribution in [2.24, 2.45) is 13.0 Å². The molecule has 1 aromatic heterocycles. The Balaban J connectivity index is 1.49. The van der Waals surface area contributed by atoms with E-state index in [-0.39, 0.29) is 16.7 Å². The van der Waals surface area contributed by atoms with Gasteiger partial charge in [-0.05, 0) is 31.0 Å². The van der Waals surface area contributed by atoms with Crippen molar-refractivity contribution >= 4 is 15.9 Å². The summed E-state index contributed by atoms with van der Waals surface area (Å²) >= 11 is 0. The zero-order valence-electron chi connectivity index (χ0n) is 18.7. The number of carbonyl (C=O) groups excluding carboxylic acids is 1. The Morgan fingerprint density at radius 1 is 1.09 bits per heavy atom. The third-order valence-electron chi connectivity index (χ3n) is 6.06. The summed E-state index contributed by atoms with van der Waals surface area (Å²) in [5.41, 5.74) is 0.812. The lowest BCUT2D eigenvalue weighted by Gasteiger charge is -2.31. The number of nitrogens with zero attached hydrogens (tertiary/aromatic N) is 3. The number of rotatable bonds is 7. The van der Waals surface area contributed by atoms with Gasteiger partial charge in [-0.25, -0.2) is 13.4 Å². The van der Waals surface area contributed by atoms with Crippen LogP contribution in [0.4, 0.5) is 0 Å². The molecule has 33 heavy (non-hydrogen) atoms. The molecule has 1 N–H and O–H groups in total. The van der Waals surface area contributed by atoms with Gasteiger partial charge in [0.1, 0.15) is 17.6 Å². The number of methoxy groups -OCH3 is 1. The van der Waals surface area contributed by atoms with E-state index in [2.05, 4.69) is 10.3 Å². The molecule has 0 spiro atoms. The molecular weight excluding hydrogens is 440 g/mol. The largest absolute Gasteiger partial charge is 0.496 e. The van der Waals surface area contributed by atoms with Crippen LogP contribution in [-0.2, 0) is 21.9 Å². The maximum absolute atomic E-state index is 13.3. The van der Waals surface area contributed by atoms with Crippen molar-refractivity contribution in [3.63, 3.8) is 0 Å². The van der Waals surface area contributed by atoms with Gasteiger partial charge in [-0.15, -0.1) is 0 Å². The van der Waals surface area contributed by atoms with Crippen LogP contribution >= 0.6 is 0 Å². The molecule has 1 saturated heterocycles. The fourth-order valence-corrected chi connectivity index (χ4v) is 5.69. The van der Waals surface area contributed by atoms with Crippen LogP contribution in [0.15, 0.2) is 71.9 Å². The number of carbonyl (C=O) groups is 1. The minimum absolute atomic E-state index is 0.120. The zero-order valence-corrected chi connectivity index (χ0v) is 19.5. The molecule has 8 nitrogen and oxygen atoms in total. The number of imidazole rings is 1. The highest BCUT2D eigenvalue weighted by Gasteiger charge is 2.34. The van der Waals surface area contributed by atoms with Gasteiger partial charge in [0, 0.05) is 44.0 Å². The first-order chi connectivity index (χ1) is 15.9. The summed E-state index contributed by atoms with van der Waals surface area (Å²) in [7, 11) is -0.0805. The smallest absolute Gasteiger partial charge is 0.243 e. The van der Waals surface area contributed by atoms with Crippen molar-refractivity contribution in [2.75, 3.05) is 20.2 Å². The molecule has 1 amide bonds. The van der Waals surface area contributed by atoms with Crippen LogP contribution in [0.25, 0.3) is 0 Å². The number of sulfonamides is 1. The van der Waals surface area contributed by atoms with Gasteiger partial charge in [-0.1, -0.05) is 36.4 Å². The van der Waals surface area contributed by atoms with Crippen LogP contribution in [0.1, 0.15) is 30.3 Å². The normalized spacial score (nSPS) is 16.3. The quantitative estimate of drug-likeness (QED) is 0.576. The maximum Gasteiger partial charge on any atom is 0.243 e. The van der Waals surface area contributed by atoms with Crippen molar-refractivity contribution in [1.29, 1.82) is 0 Å². The molecule has 1 atom stereocenters. The first-order valence-electron chi connectivity index (χ1n) is 10.9. The van der Waals surface area contributed by atoms with Crippen LogP contribution < -0.4 is 10.1 Å². The molecule has 0 bridgehead atoms. The summed E-state index contributed by atoms with van der Waals surface area (Å²) in [6, 6.07) is 15.4. The second-order valence-corrected chi connectivity index (χ2v) is 10.0. The van der Waals surface area contributed by atoms with Crippen molar-refractivity contribution in [2.45, 2.75) is 23.8 Å². The average molecular weight is 469 g/mol. The van der Waals surface area contributed by atoms with E-state index in [0.29, 0.717) is 37.5 Å². The van der Waals surface area contributed by atoms with Crippen LogP contribution in [-0.4, -0.2) is 48.4 Å². The van der Waals surface area contributed by atoms with Crippen molar-refractivity contribution < 1.29 is 17.9 Å². The van der Waals surface area contributed by atoms with Gasteiger partial charge in [0.05, 0.1) is 12.0 Å². The van der Waals surface area contributed by atoms with Gasteiger partial charge in [-0.2, -0.15) is 4.31 Å². The van der Waals surface area contributed by atoms with Gasteiger partial charge in [-0.3, -0.25) is 4.79 Å². The number of piperidine rings is 1. The summed E-state index contributed by atoms with van der Waals surface area (Å²) in [6.07, 6.45) is 4.43. The molecule has 174 valence electrons. The van der Waals surface area contributed by atoms with E-state index in [0.717, 1.165) is 5.56 Å². The molecule has 0 aliphatic carbocycles. The lowest BCUT2D eigenvalue weighted by molar-refractivity contribution is -0.126. The molecule has 9 heteroatoms. The number of aromatic nitrogens is 2. The monoisotopic (exact) mass is 468 g/mol. The number of para-hydroxylation sites is 1. The Hall–Kier alpha value is -3.17. The third kappa shape index (κ3) is 4.79. The van der Waals surface area contributed by atoms with Crippen LogP contribution in [0.5, 0.6) is 5.75 Å². The topological polar surface area (TPSA) is 93.5 Å². The van der Waals surface area contributed by atoms with Crippen LogP contribution in [0.2, 0.25) is 0 Å². The van der Waals surface area contributed by atoms with Gasteiger partial charge in [0.2, 0.25) is 15.9 Å². The zero-order chi connectivity index (χ0) is 23.4. The second kappa shape index (κ2) is 9.76. The van der Waals surface area contributed by atoms with E-state index in [1.54, 1.807) is 43.6 Å². The first-order valence-corrected chi connectivity index (χ1v) is 12.3. The van der Waals surface area contributed by atoms with Crippen LogP contribution in [0.3, 0.4) is 0 Å². The highest BCUT2D eigenvalue weighted by atomic mass is 32.2. The van der Waals surface area contributed by atoms with Gasteiger partial charge >= 0.3 is 0 Å². The fourth-order valence-electron chi connectivity index (χ4n) is 4.20. The van der Waals surface area contributed by atoms with Crippen molar-refractivity contribution in [3.8, 4) is 5.75 Å². The summed E-state index contributed by atoms with van der Waals surface area (Å²) in [5.74, 6) is 0.946. The molecule has 2 aromatic carbocycles. The molecule has 2 heterocycles. The van der Waals surface area contributed by atoms with Gasteiger partial charge < -0.3 is 14.6 Å². The Kier molecular flexibility index (Phi) is 6.80. The van der Waals surface area contributed by atoms with E-state index in [9.17, 15) is 13.2 Å². The first kappa shape index (κ1) is 23.0. The molecule has 1 aliphatic rings. The van der Waals surface area contributed by atoms with Crippen LogP contribution in [0, 0.1) is 5.92 Å². The molecule has 4 rings (SSSR count). The standard InChI is InChI=1S/C24H28N4O4S/c1-27-17-14-25-23(27)22(20-10-6-7-11-21(20)32-2)26-24(29)18-12-15-28(16-13-18)33(30,31)19-8-4-3-5-9-19/h3-11,14,17-18,22H,12-13,15-16H2,1-2H3,(H,26,29). The Morgan fingerprint density at radius 3 is 2.39 bits per heavy atom. The van der Waals surface area contributed by atoms with E-state index in [1.807, 2.05) is 42.1 Å². The van der Waals surface area contributed by atoms with Crippen molar-refractivity contribution in [3.05, 3.63) is 78.4 Å². The SMILES string of the molecule is COc1ccccc1C(NC(=O)C1CCN(S(=O)(=O)c2ccccc2)CC1)c1nccn1C. The summed E-state index contributed by atoms with van der Waals surface area (Å²) in [4.78, 5) is 18.0. The van der Waals surface area contributed by atoms with Gasteiger partial charge in [0.15, 0.2) is 0 Å².